The average Bonchev–Trinajstić information content (AvgIpc) is 2.34. The average molecular weight is 297 g/mol. The van der Waals surface area contributed by atoms with E-state index in [4.69, 9.17) is 0 Å². The fourth-order valence-corrected chi connectivity index (χ4v) is 1.34. The van der Waals surface area contributed by atoms with Gasteiger partial charge in [0.05, 0.1) is 0 Å². The number of nitrogens with one attached hydrogen (secondary N) is 1. The molecule has 1 aromatic rings. The maximum atomic E-state index is 12.7. The monoisotopic (exact) mass is 296 g/mol. The fourth-order valence-electron chi connectivity index (χ4n) is 1.11. The van der Waals surface area contributed by atoms with Crippen LogP contribution in [-0.2, 0) is 0 Å². The van der Waals surface area contributed by atoms with Crippen molar-refractivity contribution in [2.24, 2.45) is 0 Å². The lowest BCUT2D eigenvalue weighted by Gasteiger charge is -2.06. The van der Waals surface area contributed by atoms with Crippen molar-refractivity contribution in [3.05, 3.63) is 59.1 Å². The minimum Gasteiger partial charge on any atom is -0.382 e. The van der Waals surface area contributed by atoms with E-state index in [-0.39, 0.29) is 5.83 Å². The van der Waals surface area contributed by atoms with E-state index >= 15 is 0 Å². The van der Waals surface area contributed by atoms with E-state index in [1.165, 1.54) is 12.2 Å². The van der Waals surface area contributed by atoms with Crippen LogP contribution in [0.2, 0.25) is 0 Å². The zero-order chi connectivity index (χ0) is 12.7. The molecule has 0 amide bonds. The van der Waals surface area contributed by atoms with Crippen molar-refractivity contribution in [1.29, 1.82) is 0 Å². The Labute approximate surface area is 109 Å². The van der Waals surface area contributed by atoms with Crippen molar-refractivity contribution in [2.45, 2.75) is 6.92 Å². The molecule has 1 heterocycles. The Hall–Kier alpha value is -1.42. The first-order valence-electron chi connectivity index (χ1n) is 5.16. The Kier molecular flexibility index (Phi) is 5.63. The zero-order valence-electron chi connectivity index (χ0n) is 9.58. The lowest BCUT2D eigenvalue weighted by Crippen LogP contribution is -2.11. The summed E-state index contributed by atoms with van der Waals surface area (Å²) in [5.41, 5.74) is 1.67. The third-order valence-corrected chi connectivity index (χ3v) is 2.53. The highest BCUT2D eigenvalue weighted by atomic mass is 79.9. The summed E-state index contributed by atoms with van der Waals surface area (Å²) >= 11 is 3.26. The molecule has 0 aliphatic heterocycles. The number of pyridine rings is 1. The van der Waals surface area contributed by atoms with Crippen LogP contribution in [0, 0.1) is 0 Å². The Morgan fingerprint density at radius 2 is 2.35 bits per heavy atom. The predicted octanol–water partition coefficient (Wildman–Crippen LogP) is 3.83. The molecular formula is C13H14BrFN2. The Morgan fingerprint density at radius 1 is 1.59 bits per heavy atom. The molecule has 0 radical (unpaired) electrons. The van der Waals surface area contributed by atoms with Crippen LogP contribution in [-0.4, -0.2) is 11.5 Å². The van der Waals surface area contributed by atoms with Gasteiger partial charge < -0.3 is 5.32 Å². The van der Waals surface area contributed by atoms with Crippen LogP contribution in [0.3, 0.4) is 0 Å². The molecule has 1 aromatic heterocycles. The molecule has 2 nitrogen and oxygen atoms in total. The van der Waals surface area contributed by atoms with E-state index in [0.29, 0.717) is 6.54 Å². The minimum atomic E-state index is -0.247. The second kappa shape index (κ2) is 7.01. The first-order valence-corrected chi connectivity index (χ1v) is 5.96. The topological polar surface area (TPSA) is 24.9 Å². The van der Waals surface area contributed by atoms with Gasteiger partial charge in [-0.2, -0.15) is 0 Å². The lowest BCUT2D eigenvalue weighted by molar-refractivity contribution is 0.664. The molecule has 0 aliphatic carbocycles. The molecule has 1 N–H and O–H groups in total. The van der Waals surface area contributed by atoms with Gasteiger partial charge in [-0.1, -0.05) is 18.7 Å². The smallest absolute Gasteiger partial charge is 0.118 e. The van der Waals surface area contributed by atoms with Crippen LogP contribution in [0.25, 0.3) is 5.70 Å². The van der Waals surface area contributed by atoms with Crippen LogP contribution >= 0.6 is 15.9 Å². The molecule has 0 atom stereocenters. The van der Waals surface area contributed by atoms with E-state index in [1.807, 2.05) is 12.1 Å². The third kappa shape index (κ3) is 4.95. The van der Waals surface area contributed by atoms with E-state index in [9.17, 15) is 4.39 Å². The highest BCUT2D eigenvalue weighted by molar-refractivity contribution is 9.10. The summed E-state index contributed by atoms with van der Waals surface area (Å²) in [5, 5.41) is 3.07. The van der Waals surface area contributed by atoms with Gasteiger partial charge in [0.2, 0.25) is 0 Å². The molecule has 17 heavy (non-hydrogen) atoms. The molecule has 0 aromatic carbocycles. The highest BCUT2D eigenvalue weighted by Gasteiger charge is 1.97. The maximum Gasteiger partial charge on any atom is 0.118 e. The van der Waals surface area contributed by atoms with Crippen LogP contribution < -0.4 is 5.32 Å². The molecule has 0 spiro atoms. The predicted molar refractivity (Wildman–Crippen MR) is 73.0 cm³/mol. The molecule has 90 valence electrons. The molecule has 0 unspecified atom stereocenters. The number of rotatable bonds is 5. The van der Waals surface area contributed by atoms with Crippen molar-refractivity contribution in [3.63, 3.8) is 0 Å². The van der Waals surface area contributed by atoms with E-state index in [1.54, 1.807) is 19.2 Å². The van der Waals surface area contributed by atoms with E-state index in [0.717, 1.165) is 15.9 Å². The van der Waals surface area contributed by atoms with Crippen molar-refractivity contribution < 1.29 is 4.39 Å². The largest absolute Gasteiger partial charge is 0.382 e. The van der Waals surface area contributed by atoms with Gasteiger partial charge in [-0.3, -0.25) is 0 Å². The van der Waals surface area contributed by atoms with Crippen LogP contribution in [0.1, 0.15) is 12.5 Å². The normalized spacial score (nSPS) is 11.8. The summed E-state index contributed by atoms with van der Waals surface area (Å²) in [7, 11) is 0. The molecule has 4 heteroatoms. The molecule has 0 fully saturated rings. The van der Waals surface area contributed by atoms with Crippen LogP contribution in [0.5, 0.6) is 0 Å². The fraction of sp³-hybridized carbons (Fsp3) is 0.154. The van der Waals surface area contributed by atoms with Crippen molar-refractivity contribution in [1.82, 2.24) is 10.3 Å². The number of halogens is 2. The highest BCUT2D eigenvalue weighted by Crippen LogP contribution is 2.11. The number of hydrogen-bond donors (Lipinski definition) is 1. The number of aromatic nitrogens is 1. The Bertz CT molecular complexity index is 435. The second-order valence-corrected chi connectivity index (χ2v) is 4.12. The lowest BCUT2D eigenvalue weighted by atomic mass is 10.2. The molecule has 0 bridgehead atoms. The van der Waals surface area contributed by atoms with Crippen molar-refractivity contribution in [3.8, 4) is 0 Å². The summed E-state index contributed by atoms with van der Waals surface area (Å²) in [6.45, 7) is 6.06. The molecule has 0 saturated carbocycles. The summed E-state index contributed by atoms with van der Waals surface area (Å²) in [4.78, 5) is 4.10. The van der Waals surface area contributed by atoms with Gasteiger partial charge in [-0.25, -0.2) is 9.37 Å². The van der Waals surface area contributed by atoms with Gasteiger partial charge in [0, 0.05) is 24.0 Å². The Balaban J connectivity index is 2.45. The van der Waals surface area contributed by atoms with Crippen LogP contribution in [0.4, 0.5) is 4.39 Å². The van der Waals surface area contributed by atoms with Gasteiger partial charge in [-0.15, -0.1) is 0 Å². The van der Waals surface area contributed by atoms with Gasteiger partial charge in [0.15, 0.2) is 0 Å². The molecule has 0 saturated heterocycles. The van der Waals surface area contributed by atoms with Gasteiger partial charge in [-0.05, 0) is 41.1 Å². The van der Waals surface area contributed by atoms with Gasteiger partial charge >= 0.3 is 0 Å². The number of allylic oxidation sites excluding steroid dienone is 3. The zero-order valence-corrected chi connectivity index (χ0v) is 11.2. The molecule has 0 aliphatic rings. The van der Waals surface area contributed by atoms with Gasteiger partial charge in [0.25, 0.3) is 0 Å². The SMILES string of the molecule is C=C(NC/C=C\C(F)=C/C)c1ccc(Br)nc1. The standard InChI is InChI=1S/C13H14BrFN2/c1-3-12(15)5-4-8-16-10(2)11-6-7-13(14)17-9-11/h3-7,9,16H,2,8H2,1H3/b5-4-,12-3+. The second-order valence-electron chi connectivity index (χ2n) is 3.30. The van der Waals surface area contributed by atoms with Crippen molar-refractivity contribution in [2.75, 3.05) is 6.54 Å². The van der Waals surface area contributed by atoms with E-state index < -0.39 is 0 Å². The molecule has 1 rings (SSSR count). The minimum absolute atomic E-state index is 0.247. The third-order valence-electron chi connectivity index (χ3n) is 2.06. The summed E-state index contributed by atoms with van der Waals surface area (Å²) in [6, 6.07) is 3.75. The number of hydrogen-bond acceptors (Lipinski definition) is 2. The summed E-state index contributed by atoms with van der Waals surface area (Å²) < 4.78 is 13.5. The maximum absolute atomic E-state index is 12.7. The van der Waals surface area contributed by atoms with Crippen molar-refractivity contribution >= 4 is 21.6 Å². The first-order chi connectivity index (χ1) is 8.13. The summed E-state index contributed by atoms with van der Waals surface area (Å²) in [5.74, 6) is -0.247. The van der Waals surface area contributed by atoms with E-state index in [2.05, 4.69) is 32.8 Å². The molecular weight excluding hydrogens is 283 g/mol. The van der Waals surface area contributed by atoms with Crippen LogP contribution in [0.15, 0.2) is 53.6 Å². The summed E-state index contributed by atoms with van der Waals surface area (Å²) in [6.07, 6.45) is 6.24. The Morgan fingerprint density at radius 3 is 2.94 bits per heavy atom. The number of nitrogens with zero attached hydrogens (tertiary/aromatic N) is 1. The quantitative estimate of drug-likeness (QED) is 0.660. The first kappa shape index (κ1) is 13.6. The van der Waals surface area contributed by atoms with Gasteiger partial charge in [0.1, 0.15) is 10.4 Å².